The minimum absolute atomic E-state index is 0.151. The lowest BCUT2D eigenvalue weighted by Crippen LogP contribution is -2.34. The molecule has 3 atom stereocenters. The second kappa shape index (κ2) is 5.94. The summed E-state index contributed by atoms with van der Waals surface area (Å²) in [5.74, 6) is 0.427. The fourth-order valence-electron chi connectivity index (χ4n) is 3.16. The summed E-state index contributed by atoms with van der Waals surface area (Å²) in [7, 11) is -0.924. The summed E-state index contributed by atoms with van der Waals surface area (Å²) in [6.45, 7) is 2.13. The summed E-state index contributed by atoms with van der Waals surface area (Å²) in [6.07, 6.45) is 5.14. The van der Waals surface area contributed by atoms with Gasteiger partial charge in [0.25, 0.3) is 0 Å². The van der Waals surface area contributed by atoms with Crippen molar-refractivity contribution in [2.75, 3.05) is 13.3 Å². The number of thiophene rings is 1. The number of sulfone groups is 1. The van der Waals surface area contributed by atoms with E-state index < -0.39 is 9.84 Å². The van der Waals surface area contributed by atoms with Crippen LogP contribution in [0.3, 0.4) is 0 Å². The Morgan fingerprint density at radius 1 is 1.42 bits per heavy atom. The largest absolute Gasteiger partial charge is 0.312 e. The quantitative estimate of drug-likeness (QED) is 0.930. The van der Waals surface area contributed by atoms with E-state index in [9.17, 15) is 8.42 Å². The van der Waals surface area contributed by atoms with E-state index in [4.69, 9.17) is 0 Å². The fraction of sp³-hybridized carbons (Fsp3) is 0.714. The zero-order valence-corrected chi connectivity index (χ0v) is 13.5. The average Bonchev–Trinajstić information content (AvgIpc) is 2.76. The summed E-state index contributed by atoms with van der Waals surface area (Å²) >= 11 is 1.77. The molecule has 0 saturated heterocycles. The molecule has 0 aromatic carbocycles. The SMILES string of the molecule is CNC(c1sccc1C)C1CCCC(S(C)(=O)=O)C1. The maximum absolute atomic E-state index is 11.8. The number of rotatable bonds is 4. The van der Waals surface area contributed by atoms with Gasteiger partial charge in [-0.05, 0) is 56.2 Å². The molecule has 0 aliphatic heterocycles. The Hall–Kier alpha value is -0.390. The van der Waals surface area contributed by atoms with Gasteiger partial charge < -0.3 is 5.32 Å². The van der Waals surface area contributed by atoms with Gasteiger partial charge in [-0.15, -0.1) is 11.3 Å². The second-order valence-corrected chi connectivity index (χ2v) is 8.89. The first-order chi connectivity index (χ1) is 8.93. The normalized spacial score (nSPS) is 26.3. The standard InChI is InChI=1S/C14H23NO2S2/c1-10-7-8-18-14(10)13(15-2)11-5-4-6-12(9-11)19(3,16)17/h7-8,11-13,15H,4-6,9H2,1-3H3. The lowest BCUT2D eigenvalue weighted by molar-refractivity contribution is 0.285. The molecule has 1 saturated carbocycles. The number of nitrogens with one attached hydrogen (secondary N) is 1. The van der Waals surface area contributed by atoms with Crippen molar-refractivity contribution in [3.8, 4) is 0 Å². The van der Waals surface area contributed by atoms with Crippen LogP contribution in [0.4, 0.5) is 0 Å². The van der Waals surface area contributed by atoms with Gasteiger partial charge in [-0.25, -0.2) is 8.42 Å². The zero-order chi connectivity index (χ0) is 14.0. The molecule has 19 heavy (non-hydrogen) atoms. The van der Waals surface area contributed by atoms with E-state index in [-0.39, 0.29) is 5.25 Å². The van der Waals surface area contributed by atoms with Crippen molar-refractivity contribution in [3.63, 3.8) is 0 Å². The summed E-state index contributed by atoms with van der Waals surface area (Å²) in [5.41, 5.74) is 1.31. The van der Waals surface area contributed by atoms with Crippen molar-refractivity contribution in [3.05, 3.63) is 21.9 Å². The molecular weight excluding hydrogens is 278 g/mol. The van der Waals surface area contributed by atoms with Crippen molar-refractivity contribution in [2.24, 2.45) is 5.92 Å². The fourth-order valence-corrected chi connectivity index (χ4v) is 5.48. The molecule has 5 heteroatoms. The van der Waals surface area contributed by atoms with Crippen LogP contribution in [-0.2, 0) is 9.84 Å². The van der Waals surface area contributed by atoms with Gasteiger partial charge in [0, 0.05) is 17.2 Å². The number of hydrogen-bond donors (Lipinski definition) is 1. The first kappa shape index (κ1) is 15.0. The topological polar surface area (TPSA) is 46.2 Å². The first-order valence-electron chi connectivity index (χ1n) is 6.83. The highest BCUT2D eigenvalue weighted by molar-refractivity contribution is 7.91. The van der Waals surface area contributed by atoms with Gasteiger partial charge in [0.2, 0.25) is 0 Å². The molecule has 0 spiro atoms. The Kier molecular flexibility index (Phi) is 4.69. The predicted molar refractivity (Wildman–Crippen MR) is 81.4 cm³/mol. The van der Waals surface area contributed by atoms with Crippen LogP contribution in [0.15, 0.2) is 11.4 Å². The molecule has 3 unspecified atom stereocenters. The predicted octanol–water partition coefficient (Wildman–Crippen LogP) is 2.92. The van der Waals surface area contributed by atoms with E-state index in [1.165, 1.54) is 16.7 Å². The molecule has 108 valence electrons. The molecule has 0 radical (unpaired) electrons. The summed E-state index contributed by atoms with van der Waals surface area (Å²) in [5, 5.41) is 5.37. The highest BCUT2D eigenvalue weighted by Crippen LogP contribution is 2.39. The maximum Gasteiger partial charge on any atom is 0.150 e. The van der Waals surface area contributed by atoms with Gasteiger partial charge in [0.05, 0.1) is 5.25 Å². The lowest BCUT2D eigenvalue weighted by atomic mass is 9.82. The third kappa shape index (κ3) is 3.38. The van der Waals surface area contributed by atoms with E-state index in [2.05, 4.69) is 23.7 Å². The molecule has 3 nitrogen and oxygen atoms in total. The minimum atomic E-state index is -2.90. The van der Waals surface area contributed by atoms with Gasteiger partial charge in [0.15, 0.2) is 0 Å². The number of hydrogen-bond acceptors (Lipinski definition) is 4. The third-order valence-electron chi connectivity index (χ3n) is 4.24. The zero-order valence-electron chi connectivity index (χ0n) is 11.8. The molecule has 1 N–H and O–H groups in total. The third-order valence-corrected chi connectivity index (χ3v) is 6.98. The number of aryl methyl sites for hydroxylation is 1. The summed E-state index contributed by atoms with van der Waals surface area (Å²) in [6, 6.07) is 2.44. The minimum Gasteiger partial charge on any atom is -0.312 e. The van der Waals surface area contributed by atoms with Crippen LogP contribution in [0.25, 0.3) is 0 Å². The van der Waals surface area contributed by atoms with Crippen LogP contribution >= 0.6 is 11.3 Å². The molecule has 1 aromatic heterocycles. The Labute approximate surface area is 120 Å². The van der Waals surface area contributed by atoms with Crippen molar-refractivity contribution in [2.45, 2.75) is 43.9 Å². The van der Waals surface area contributed by atoms with Crippen LogP contribution < -0.4 is 5.32 Å². The monoisotopic (exact) mass is 301 g/mol. The summed E-state index contributed by atoms with van der Waals surface area (Å²) in [4.78, 5) is 1.36. The van der Waals surface area contributed by atoms with Crippen LogP contribution in [0.5, 0.6) is 0 Å². The Balaban J connectivity index is 2.18. The first-order valence-corrected chi connectivity index (χ1v) is 9.67. The highest BCUT2D eigenvalue weighted by Gasteiger charge is 2.33. The molecule has 1 heterocycles. The van der Waals surface area contributed by atoms with Crippen LogP contribution in [0, 0.1) is 12.8 Å². The van der Waals surface area contributed by atoms with Gasteiger partial charge in [-0.3, -0.25) is 0 Å². The van der Waals surface area contributed by atoms with Gasteiger partial charge in [0.1, 0.15) is 9.84 Å². The van der Waals surface area contributed by atoms with Crippen LogP contribution in [0.1, 0.15) is 42.2 Å². The van der Waals surface area contributed by atoms with E-state index >= 15 is 0 Å². The maximum atomic E-state index is 11.8. The van der Waals surface area contributed by atoms with Crippen molar-refractivity contribution < 1.29 is 8.42 Å². The van der Waals surface area contributed by atoms with Crippen LogP contribution in [-0.4, -0.2) is 27.0 Å². The molecular formula is C14H23NO2S2. The van der Waals surface area contributed by atoms with E-state index in [1.54, 1.807) is 11.3 Å². The van der Waals surface area contributed by atoms with Crippen molar-refractivity contribution in [1.82, 2.24) is 5.32 Å². The van der Waals surface area contributed by atoms with Crippen molar-refractivity contribution in [1.29, 1.82) is 0 Å². The Bertz CT molecular complexity index is 521. The molecule has 0 bridgehead atoms. The van der Waals surface area contributed by atoms with Crippen LogP contribution in [0.2, 0.25) is 0 Å². The molecule has 2 rings (SSSR count). The molecule has 1 aromatic rings. The smallest absolute Gasteiger partial charge is 0.150 e. The second-order valence-electron chi connectivity index (χ2n) is 5.61. The van der Waals surface area contributed by atoms with E-state index in [0.29, 0.717) is 12.0 Å². The van der Waals surface area contributed by atoms with Crippen molar-refractivity contribution >= 4 is 21.2 Å². The van der Waals surface area contributed by atoms with Gasteiger partial charge >= 0.3 is 0 Å². The van der Waals surface area contributed by atoms with E-state index in [1.807, 2.05) is 7.05 Å². The molecule has 1 aliphatic carbocycles. The lowest BCUT2D eigenvalue weighted by Gasteiger charge is -2.33. The highest BCUT2D eigenvalue weighted by atomic mass is 32.2. The van der Waals surface area contributed by atoms with Gasteiger partial charge in [-0.2, -0.15) is 0 Å². The van der Waals surface area contributed by atoms with E-state index in [0.717, 1.165) is 25.7 Å². The Morgan fingerprint density at radius 2 is 2.16 bits per heavy atom. The van der Waals surface area contributed by atoms with Gasteiger partial charge in [-0.1, -0.05) is 6.42 Å². The molecule has 1 aliphatic rings. The summed E-state index contributed by atoms with van der Waals surface area (Å²) < 4.78 is 23.6. The molecule has 1 fully saturated rings. The molecule has 0 amide bonds. The Morgan fingerprint density at radius 3 is 2.68 bits per heavy atom. The average molecular weight is 301 g/mol.